The van der Waals surface area contributed by atoms with Crippen molar-refractivity contribution in [2.45, 2.75) is 13.8 Å². The van der Waals surface area contributed by atoms with Gasteiger partial charge in [0.25, 0.3) is 5.91 Å². The van der Waals surface area contributed by atoms with E-state index < -0.39 is 0 Å². The Kier molecular flexibility index (Phi) is 2.85. The third-order valence-corrected chi connectivity index (χ3v) is 4.63. The van der Waals surface area contributed by atoms with Gasteiger partial charge < -0.3 is 5.32 Å². The molecule has 0 atom stereocenters. The van der Waals surface area contributed by atoms with Crippen LogP contribution in [0.5, 0.6) is 0 Å². The SMILES string of the molecule is Cc1nn2c(/C=C3/C(=O)Nc4ccc(Cl)cc43)c(C)nc2s1. The first-order valence-electron chi connectivity index (χ1n) is 6.68. The van der Waals surface area contributed by atoms with Crippen molar-refractivity contribution in [2.24, 2.45) is 0 Å². The summed E-state index contributed by atoms with van der Waals surface area (Å²) >= 11 is 7.58. The maximum Gasteiger partial charge on any atom is 0.256 e. The monoisotopic (exact) mass is 330 g/mol. The predicted octanol–water partition coefficient (Wildman–Crippen LogP) is 3.55. The van der Waals surface area contributed by atoms with E-state index in [1.54, 1.807) is 16.6 Å². The Morgan fingerprint density at radius 1 is 1.36 bits per heavy atom. The molecular weight excluding hydrogens is 320 g/mol. The summed E-state index contributed by atoms with van der Waals surface area (Å²) in [4.78, 5) is 17.6. The summed E-state index contributed by atoms with van der Waals surface area (Å²) in [6, 6.07) is 5.36. The normalized spacial score (nSPS) is 15.6. The molecule has 4 rings (SSSR count). The van der Waals surface area contributed by atoms with Crippen LogP contribution in [-0.4, -0.2) is 20.5 Å². The summed E-state index contributed by atoms with van der Waals surface area (Å²) in [5.74, 6) is -0.140. The van der Waals surface area contributed by atoms with Crippen molar-refractivity contribution in [3.63, 3.8) is 0 Å². The number of rotatable bonds is 1. The highest BCUT2D eigenvalue weighted by Gasteiger charge is 2.25. The molecule has 0 fully saturated rings. The molecule has 22 heavy (non-hydrogen) atoms. The van der Waals surface area contributed by atoms with Crippen molar-refractivity contribution in [2.75, 3.05) is 5.32 Å². The number of hydrogen-bond donors (Lipinski definition) is 1. The molecule has 1 aliphatic heterocycles. The molecule has 1 N–H and O–H groups in total. The highest BCUT2D eigenvalue weighted by atomic mass is 35.5. The third kappa shape index (κ3) is 1.95. The fourth-order valence-corrected chi connectivity index (χ4v) is 3.53. The zero-order valence-electron chi connectivity index (χ0n) is 11.8. The molecule has 0 bridgehead atoms. The van der Waals surface area contributed by atoms with Crippen LogP contribution in [0.15, 0.2) is 18.2 Å². The summed E-state index contributed by atoms with van der Waals surface area (Å²) in [5, 5.41) is 8.82. The molecule has 0 saturated carbocycles. The van der Waals surface area contributed by atoms with Gasteiger partial charge in [0, 0.05) is 16.3 Å². The first-order valence-corrected chi connectivity index (χ1v) is 7.88. The summed E-state index contributed by atoms with van der Waals surface area (Å²) in [6.07, 6.45) is 1.83. The van der Waals surface area contributed by atoms with Gasteiger partial charge in [0.2, 0.25) is 4.96 Å². The van der Waals surface area contributed by atoms with Gasteiger partial charge >= 0.3 is 0 Å². The number of fused-ring (bicyclic) bond motifs is 2. The second-order valence-corrected chi connectivity index (χ2v) is 6.70. The van der Waals surface area contributed by atoms with E-state index in [4.69, 9.17) is 11.6 Å². The maximum absolute atomic E-state index is 12.3. The lowest BCUT2D eigenvalue weighted by atomic mass is 10.1. The summed E-state index contributed by atoms with van der Waals surface area (Å²) < 4.78 is 1.78. The second-order valence-electron chi connectivity index (χ2n) is 5.10. The zero-order valence-corrected chi connectivity index (χ0v) is 13.4. The molecule has 2 aromatic heterocycles. The Labute approximate surface area is 135 Å². The van der Waals surface area contributed by atoms with Gasteiger partial charge in [-0.1, -0.05) is 22.9 Å². The van der Waals surface area contributed by atoms with Crippen molar-refractivity contribution in [1.82, 2.24) is 14.6 Å². The van der Waals surface area contributed by atoms with Crippen LogP contribution in [0.1, 0.15) is 22.0 Å². The topological polar surface area (TPSA) is 59.3 Å². The zero-order chi connectivity index (χ0) is 15.4. The minimum Gasteiger partial charge on any atom is -0.321 e. The molecule has 0 unspecified atom stereocenters. The number of aromatic nitrogens is 3. The van der Waals surface area contributed by atoms with E-state index in [1.807, 2.05) is 26.0 Å². The van der Waals surface area contributed by atoms with Gasteiger partial charge in [0.15, 0.2) is 0 Å². The number of carbonyl (C=O) groups excluding carboxylic acids is 1. The Balaban J connectivity index is 1.94. The minimum atomic E-state index is -0.140. The van der Waals surface area contributed by atoms with Gasteiger partial charge in [-0.3, -0.25) is 4.79 Å². The van der Waals surface area contributed by atoms with E-state index in [0.717, 1.165) is 32.6 Å². The van der Waals surface area contributed by atoms with Gasteiger partial charge in [-0.2, -0.15) is 5.10 Å². The van der Waals surface area contributed by atoms with Crippen molar-refractivity contribution in [1.29, 1.82) is 0 Å². The van der Waals surface area contributed by atoms with Gasteiger partial charge in [0.1, 0.15) is 5.01 Å². The van der Waals surface area contributed by atoms with E-state index in [2.05, 4.69) is 15.4 Å². The number of halogens is 1. The van der Waals surface area contributed by atoms with Crippen LogP contribution in [0.25, 0.3) is 16.6 Å². The Hall–Kier alpha value is -2.18. The average molecular weight is 331 g/mol. The molecule has 1 aliphatic rings. The number of aryl methyl sites for hydroxylation is 2. The summed E-state index contributed by atoms with van der Waals surface area (Å²) in [7, 11) is 0. The number of anilines is 1. The molecule has 1 aromatic carbocycles. The highest BCUT2D eigenvalue weighted by Crippen LogP contribution is 2.35. The van der Waals surface area contributed by atoms with E-state index in [0.29, 0.717) is 10.6 Å². The van der Waals surface area contributed by atoms with Crippen LogP contribution in [0.3, 0.4) is 0 Å². The fourth-order valence-electron chi connectivity index (χ4n) is 2.57. The van der Waals surface area contributed by atoms with E-state index in [-0.39, 0.29) is 5.91 Å². The number of imidazole rings is 1. The number of nitrogens with one attached hydrogen (secondary N) is 1. The first-order chi connectivity index (χ1) is 10.5. The van der Waals surface area contributed by atoms with Crippen LogP contribution in [0.4, 0.5) is 5.69 Å². The van der Waals surface area contributed by atoms with Crippen LogP contribution in [0.2, 0.25) is 5.02 Å². The molecule has 110 valence electrons. The average Bonchev–Trinajstić information content (AvgIpc) is 3.04. The Morgan fingerprint density at radius 3 is 3.00 bits per heavy atom. The lowest BCUT2D eigenvalue weighted by Crippen LogP contribution is -2.04. The molecule has 1 amide bonds. The third-order valence-electron chi connectivity index (χ3n) is 3.57. The number of amides is 1. The maximum atomic E-state index is 12.3. The van der Waals surface area contributed by atoms with E-state index in [9.17, 15) is 4.79 Å². The van der Waals surface area contributed by atoms with Crippen molar-refractivity contribution in [3.8, 4) is 0 Å². The number of carbonyl (C=O) groups is 1. The number of benzene rings is 1. The molecular formula is C15H11ClN4OS. The molecule has 5 nitrogen and oxygen atoms in total. The van der Waals surface area contributed by atoms with Gasteiger partial charge in [-0.15, -0.1) is 0 Å². The quantitative estimate of drug-likeness (QED) is 0.694. The molecule has 0 aliphatic carbocycles. The highest BCUT2D eigenvalue weighted by molar-refractivity contribution is 7.16. The van der Waals surface area contributed by atoms with Crippen molar-refractivity contribution >= 4 is 51.1 Å². The number of nitrogens with zero attached hydrogens (tertiary/aromatic N) is 3. The minimum absolute atomic E-state index is 0.140. The second kappa shape index (κ2) is 4.66. The molecule has 0 saturated heterocycles. The lowest BCUT2D eigenvalue weighted by Gasteiger charge is -1.99. The van der Waals surface area contributed by atoms with Crippen LogP contribution in [-0.2, 0) is 4.79 Å². The Bertz CT molecular complexity index is 969. The molecule has 0 spiro atoms. The predicted molar refractivity (Wildman–Crippen MR) is 88.3 cm³/mol. The van der Waals surface area contributed by atoms with Crippen molar-refractivity contribution < 1.29 is 4.79 Å². The Morgan fingerprint density at radius 2 is 2.18 bits per heavy atom. The van der Waals surface area contributed by atoms with Gasteiger partial charge in [0.05, 0.1) is 17.0 Å². The summed E-state index contributed by atoms with van der Waals surface area (Å²) in [5.41, 5.74) is 3.81. The van der Waals surface area contributed by atoms with Gasteiger partial charge in [-0.05, 0) is 38.1 Å². The molecule has 3 heterocycles. The van der Waals surface area contributed by atoms with Crippen LogP contribution < -0.4 is 5.32 Å². The standard InChI is InChI=1S/C15H11ClN4OS/c1-7-13(20-15(17-7)22-8(2)19-20)6-11-10-5-9(16)3-4-12(10)18-14(11)21/h3-6H,1-2H3,(H,18,21)/b11-6+. The largest absolute Gasteiger partial charge is 0.321 e. The van der Waals surface area contributed by atoms with Gasteiger partial charge in [-0.25, -0.2) is 9.50 Å². The van der Waals surface area contributed by atoms with E-state index >= 15 is 0 Å². The van der Waals surface area contributed by atoms with E-state index in [1.165, 1.54) is 11.3 Å². The fraction of sp³-hybridized carbons (Fsp3) is 0.133. The molecule has 3 aromatic rings. The van der Waals surface area contributed by atoms with Crippen LogP contribution >= 0.6 is 22.9 Å². The smallest absolute Gasteiger partial charge is 0.256 e. The number of hydrogen-bond acceptors (Lipinski definition) is 4. The van der Waals surface area contributed by atoms with Crippen LogP contribution in [0, 0.1) is 13.8 Å². The first kappa shape index (κ1) is 13.5. The summed E-state index contributed by atoms with van der Waals surface area (Å²) in [6.45, 7) is 3.85. The lowest BCUT2D eigenvalue weighted by molar-refractivity contribution is -0.110. The molecule has 0 radical (unpaired) electrons. The molecule has 7 heteroatoms. The van der Waals surface area contributed by atoms with Crippen molar-refractivity contribution in [3.05, 3.63) is 45.2 Å².